The molecule has 4 rings (SSSR count). The first-order valence-electron chi connectivity index (χ1n) is 8.30. The molecule has 0 aliphatic rings. The van der Waals surface area contributed by atoms with Gasteiger partial charge in [-0.1, -0.05) is 0 Å². The van der Waals surface area contributed by atoms with Crippen LogP contribution in [0.1, 0.15) is 10.8 Å². The van der Waals surface area contributed by atoms with Gasteiger partial charge in [-0.3, -0.25) is 9.89 Å². The summed E-state index contributed by atoms with van der Waals surface area (Å²) < 4.78 is 10.3. The van der Waals surface area contributed by atoms with Crippen molar-refractivity contribution < 1.29 is 9.53 Å². The van der Waals surface area contributed by atoms with Crippen molar-refractivity contribution in [2.45, 2.75) is 13.3 Å². The van der Waals surface area contributed by atoms with Crippen molar-refractivity contribution in [3.8, 4) is 5.75 Å². The smallest absolute Gasteiger partial charge is 0.257 e. The molecule has 3 aromatic heterocycles. The van der Waals surface area contributed by atoms with Gasteiger partial charge < -0.3 is 14.6 Å². The number of aromatic amines is 1. The van der Waals surface area contributed by atoms with Gasteiger partial charge in [-0.25, -0.2) is 4.98 Å². The molecule has 0 unspecified atom stereocenters. The Kier molecular flexibility index (Phi) is 4.94. The van der Waals surface area contributed by atoms with E-state index in [-0.39, 0.29) is 12.5 Å². The first-order chi connectivity index (χ1) is 13.0. The number of carbonyl (C=O) groups excluding carboxylic acids is 1. The zero-order valence-electron chi connectivity index (χ0n) is 14.7. The number of aromatic nitrogens is 4. The molecule has 140 valence electrons. The maximum Gasteiger partial charge on any atom is 0.257 e. The van der Waals surface area contributed by atoms with Crippen LogP contribution in [0.15, 0.2) is 17.5 Å². The molecule has 3 heterocycles. The second-order valence-electron chi connectivity index (χ2n) is 6.01. The minimum Gasteiger partial charge on any atom is -0.483 e. The predicted octanol–water partition coefficient (Wildman–Crippen LogP) is 3.35. The number of aryl methyl sites for hydroxylation is 1. The Morgan fingerprint density at radius 1 is 1.48 bits per heavy atom. The lowest BCUT2D eigenvalue weighted by atomic mass is 10.2. The summed E-state index contributed by atoms with van der Waals surface area (Å²) in [6.07, 6.45) is 0.594. The first-order valence-corrected chi connectivity index (χ1v) is 10.4. The summed E-state index contributed by atoms with van der Waals surface area (Å²) in [6, 6.07) is 3.97. The van der Waals surface area contributed by atoms with Crippen LogP contribution in [-0.4, -0.2) is 38.8 Å². The molecule has 0 aliphatic heterocycles. The minimum atomic E-state index is -0.171. The minimum absolute atomic E-state index is 0.0345. The molecule has 0 radical (unpaired) electrons. The van der Waals surface area contributed by atoms with Crippen molar-refractivity contribution in [3.63, 3.8) is 0 Å². The first kappa shape index (κ1) is 18.1. The number of rotatable bonds is 6. The molecule has 1 amide bonds. The molecule has 0 aliphatic carbocycles. The molecule has 0 saturated carbocycles. The monoisotopic (exact) mass is 419 g/mol. The van der Waals surface area contributed by atoms with Crippen LogP contribution in [0.3, 0.4) is 0 Å². The molecule has 0 atom stereocenters. The molecule has 27 heavy (non-hydrogen) atoms. The average molecular weight is 420 g/mol. The molecule has 0 saturated heterocycles. The number of H-pyrrole nitrogens is 1. The number of ether oxygens (including phenoxy) is 1. The van der Waals surface area contributed by atoms with Gasteiger partial charge in [0.15, 0.2) is 11.4 Å². The molecular weight excluding hydrogens is 402 g/mol. The predicted molar refractivity (Wildman–Crippen MR) is 110 cm³/mol. The lowest BCUT2D eigenvalue weighted by molar-refractivity contribution is -0.123. The molecule has 0 spiro atoms. The molecule has 0 fully saturated rings. The number of thiophene rings is 1. The van der Waals surface area contributed by atoms with Gasteiger partial charge in [0.1, 0.15) is 11.6 Å². The highest BCUT2D eigenvalue weighted by Crippen LogP contribution is 2.38. The van der Waals surface area contributed by atoms with Crippen molar-refractivity contribution in [3.05, 3.63) is 33.1 Å². The fraction of sp³-hybridized carbons (Fsp3) is 0.294. The highest BCUT2D eigenvalue weighted by Gasteiger charge is 2.13. The summed E-state index contributed by atoms with van der Waals surface area (Å²) in [6.45, 7) is 2.43. The summed E-state index contributed by atoms with van der Waals surface area (Å²) >= 11 is 8.34. The molecule has 10 heteroatoms. The van der Waals surface area contributed by atoms with E-state index >= 15 is 0 Å². The molecule has 1 aromatic carbocycles. The third kappa shape index (κ3) is 3.60. The summed E-state index contributed by atoms with van der Waals surface area (Å²) in [5.74, 6) is 1.34. The Labute approximate surface area is 168 Å². The molecule has 0 bridgehead atoms. The third-order valence-electron chi connectivity index (χ3n) is 4.17. The number of amides is 1. The Morgan fingerprint density at radius 3 is 3.11 bits per heavy atom. The van der Waals surface area contributed by atoms with Crippen LogP contribution in [0.2, 0.25) is 0 Å². The molecule has 4 aromatic rings. The van der Waals surface area contributed by atoms with E-state index in [0.717, 1.165) is 31.1 Å². The quantitative estimate of drug-likeness (QED) is 0.468. The largest absolute Gasteiger partial charge is 0.483 e. The number of fused-ring (bicyclic) bond motifs is 3. The van der Waals surface area contributed by atoms with Gasteiger partial charge >= 0.3 is 0 Å². The van der Waals surface area contributed by atoms with Gasteiger partial charge in [0.05, 0.1) is 19.9 Å². The normalized spacial score (nSPS) is 11.3. The van der Waals surface area contributed by atoms with E-state index in [1.54, 1.807) is 27.2 Å². The van der Waals surface area contributed by atoms with Gasteiger partial charge in [0.25, 0.3) is 5.91 Å². The lowest BCUT2D eigenvalue weighted by Crippen LogP contribution is -2.31. The Hall–Kier alpha value is -2.30. The van der Waals surface area contributed by atoms with Gasteiger partial charge in [-0.05, 0) is 30.6 Å². The summed E-state index contributed by atoms with van der Waals surface area (Å²) in [4.78, 5) is 16.7. The second-order valence-corrected chi connectivity index (χ2v) is 8.55. The average Bonchev–Trinajstić information content (AvgIpc) is 3.33. The van der Waals surface area contributed by atoms with Gasteiger partial charge in [0, 0.05) is 31.5 Å². The number of thiazole rings is 1. The van der Waals surface area contributed by atoms with Gasteiger partial charge in [-0.15, -0.1) is 22.7 Å². The number of nitrogens with zero attached hydrogens (tertiary/aromatic N) is 3. The Bertz CT molecular complexity index is 1190. The number of hydrogen-bond donors (Lipinski definition) is 2. The van der Waals surface area contributed by atoms with Crippen LogP contribution in [0.25, 0.3) is 20.3 Å². The van der Waals surface area contributed by atoms with E-state index in [2.05, 4.69) is 20.5 Å². The number of carbonyl (C=O) groups is 1. The van der Waals surface area contributed by atoms with Crippen molar-refractivity contribution >= 4 is 61.1 Å². The molecular formula is C17H17N5O2S3. The number of nitrogens with one attached hydrogen (secondary N) is 2. The van der Waals surface area contributed by atoms with E-state index in [9.17, 15) is 4.79 Å². The Balaban J connectivity index is 1.40. The van der Waals surface area contributed by atoms with E-state index in [4.69, 9.17) is 17.0 Å². The summed E-state index contributed by atoms with van der Waals surface area (Å²) in [7, 11) is 1.84. The maximum atomic E-state index is 12.1. The van der Waals surface area contributed by atoms with E-state index in [0.29, 0.717) is 23.5 Å². The van der Waals surface area contributed by atoms with Crippen LogP contribution >= 0.6 is 34.9 Å². The zero-order chi connectivity index (χ0) is 19.0. The van der Waals surface area contributed by atoms with Crippen molar-refractivity contribution in [1.82, 2.24) is 25.1 Å². The highest BCUT2D eigenvalue weighted by molar-refractivity contribution is 7.71. The molecule has 7 nitrogen and oxygen atoms in total. The number of hydrogen-bond acceptors (Lipinski definition) is 7. The van der Waals surface area contributed by atoms with Crippen LogP contribution < -0.4 is 10.1 Å². The van der Waals surface area contributed by atoms with Crippen LogP contribution in [-0.2, 0) is 18.3 Å². The van der Waals surface area contributed by atoms with Crippen molar-refractivity contribution in [2.24, 2.45) is 7.05 Å². The van der Waals surface area contributed by atoms with Crippen molar-refractivity contribution in [2.75, 3.05) is 13.2 Å². The number of benzene rings is 1. The fourth-order valence-corrected chi connectivity index (χ4v) is 4.80. The van der Waals surface area contributed by atoms with E-state index in [1.165, 1.54) is 0 Å². The summed E-state index contributed by atoms with van der Waals surface area (Å²) in [5, 5.41) is 13.7. The highest BCUT2D eigenvalue weighted by atomic mass is 32.1. The van der Waals surface area contributed by atoms with Crippen LogP contribution in [0, 0.1) is 11.7 Å². The standard InChI is InChI=1S/C17H17N5O2S3/c1-9-19-15-12(27-9)7-11(10-4-6-26-16(10)15)24-8-14(23)18-5-3-13-20-21-17(25)22(13)2/h4,6-7H,3,5,8H2,1-2H3,(H,18,23)(H,21,25). The van der Waals surface area contributed by atoms with Gasteiger partial charge in [-0.2, -0.15) is 5.10 Å². The van der Waals surface area contributed by atoms with Crippen molar-refractivity contribution in [1.29, 1.82) is 0 Å². The van der Waals surface area contributed by atoms with E-state index in [1.807, 2.05) is 31.5 Å². The third-order valence-corrected chi connectivity index (χ3v) is 6.37. The zero-order valence-corrected chi connectivity index (χ0v) is 17.2. The fourth-order valence-electron chi connectivity index (χ4n) is 2.82. The summed E-state index contributed by atoms with van der Waals surface area (Å²) in [5.41, 5.74) is 1.01. The SMILES string of the molecule is Cc1nc2c(cc(OCC(=O)NCCc3n[nH]c(=S)n3C)c3ccsc32)s1. The van der Waals surface area contributed by atoms with Crippen LogP contribution in [0.4, 0.5) is 0 Å². The van der Waals surface area contributed by atoms with E-state index < -0.39 is 0 Å². The van der Waals surface area contributed by atoms with Gasteiger partial charge in [0.2, 0.25) is 0 Å². The maximum absolute atomic E-state index is 12.1. The van der Waals surface area contributed by atoms with Crippen LogP contribution in [0.5, 0.6) is 5.75 Å². The second kappa shape index (κ2) is 7.37. The Morgan fingerprint density at radius 2 is 2.33 bits per heavy atom. The topological polar surface area (TPSA) is 84.8 Å². The lowest BCUT2D eigenvalue weighted by Gasteiger charge is -2.09. The molecule has 2 N–H and O–H groups in total.